The second-order valence-electron chi connectivity index (χ2n) is 8.58. The summed E-state index contributed by atoms with van der Waals surface area (Å²) in [5.74, 6) is -0.426. The molecule has 0 spiro atoms. The Labute approximate surface area is 222 Å². The summed E-state index contributed by atoms with van der Waals surface area (Å²) in [5.41, 5.74) is 1.83. The molecular formula is C25H29F3N8O3. The topological polar surface area (TPSA) is 159 Å². The fourth-order valence-corrected chi connectivity index (χ4v) is 3.63. The number of allylic oxidation sites excluding steroid dienone is 1. The molecule has 39 heavy (non-hydrogen) atoms. The molecule has 1 fully saturated rings. The second kappa shape index (κ2) is 13.5. The van der Waals surface area contributed by atoms with Gasteiger partial charge in [-0.1, -0.05) is 12.1 Å². The van der Waals surface area contributed by atoms with E-state index in [4.69, 9.17) is 15.6 Å². The molecule has 1 aliphatic heterocycles. The summed E-state index contributed by atoms with van der Waals surface area (Å²) in [4.78, 5) is 37.7. The normalized spacial score (nSPS) is 16.0. The number of aromatic nitrogens is 2. The Hall–Kier alpha value is -4.33. The van der Waals surface area contributed by atoms with Crippen LogP contribution in [0.3, 0.4) is 0 Å². The predicted molar refractivity (Wildman–Crippen MR) is 141 cm³/mol. The van der Waals surface area contributed by atoms with Crippen LogP contribution in [0.15, 0.2) is 41.0 Å². The Balaban J connectivity index is 1.68. The van der Waals surface area contributed by atoms with Crippen LogP contribution in [0.5, 0.6) is 0 Å². The highest BCUT2D eigenvalue weighted by atomic mass is 19.4. The van der Waals surface area contributed by atoms with E-state index in [2.05, 4.69) is 20.3 Å². The minimum atomic E-state index is -4.52. The quantitative estimate of drug-likeness (QED) is 0.289. The number of urea groups is 1. The molecule has 11 nitrogen and oxygen atoms in total. The van der Waals surface area contributed by atoms with Crippen LogP contribution in [0.4, 0.5) is 23.7 Å². The van der Waals surface area contributed by atoms with E-state index in [1.807, 2.05) is 0 Å². The van der Waals surface area contributed by atoms with Gasteiger partial charge >= 0.3 is 12.2 Å². The van der Waals surface area contributed by atoms with Crippen LogP contribution >= 0.6 is 0 Å². The molecule has 5 N–H and O–H groups in total. The lowest BCUT2D eigenvalue weighted by molar-refractivity contribution is -0.136. The Morgan fingerprint density at radius 2 is 2.03 bits per heavy atom. The Morgan fingerprint density at radius 3 is 2.69 bits per heavy atom. The van der Waals surface area contributed by atoms with E-state index in [1.54, 1.807) is 41.4 Å². The van der Waals surface area contributed by atoms with Crippen molar-refractivity contribution >= 4 is 42.3 Å². The number of nitrogens with one attached hydrogen (secondary N) is 5. The largest absolute Gasteiger partial charge is 0.405 e. The number of alkyl halides is 3. The summed E-state index contributed by atoms with van der Waals surface area (Å²) in [6, 6.07) is 4.79. The van der Waals surface area contributed by atoms with Gasteiger partial charge in [0.2, 0.25) is 5.91 Å². The van der Waals surface area contributed by atoms with Gasteiger partial charge in [-0.25, -0.2) is 9.78 Å². The van der Waals surface area contributed by atoms with Crippen LogP contribution < -0.4 is 10.6 Å². The van der Waals surface area contributed by atoms with Crippen molar-refractivity contribution in [2.75, 3.05) is 38.2 Å². The molecule has 0 saturated carbocycles. The molecular weight excluding hydrogens is 517 g/mol. The number of benzene rings is 1. The van der Waals surface area contributed by atoms with E-state index in [1.165, 1.54) is 18.5 Å². The molecule has 208 valence electrons. The molecule has 2 unspecified atom stereocenters. The maximum Gasteiger partial charge on any atom is 0.405 e. The maximum absolute atomic E-state index is 12.6. The average molecular weight is 547 g/mol. The maximum atomic E-state index is 12.6. The number of carbonyl (C=O) groups excluding carboxylic acids is 2. The molecule has 2 atom stereocenters. The van der Waals surface area contributed by atoms with Crippen molar-refractivity contribution in [3.8, 4) is 11.3 Å². The number of hydrogen-bond donors (Lipinski definition) is 5. The van der Waals surface area contributed by atoms with Crippen molar-refractivity contribution in [1.29, 1.82) is 10.8 Å². The molecule has 1 saturated heterocycles. The van der Waals surface area contributed by atoms with Crippen LogP contribution in [0.25, 0.3) is 17.3 Å². The van der Waals surface area contributed by atoms with Gasteiger partial charge in [-0.3, -0.25) is 9.79 Å². The van der Waals surface area contributed by atoms with E-state index >= 15 is 0 Å². The summed E-state index contributed by atoms with van der Waals surface area (Å²) in [6.07, 6.45) is 2.20. The molecule has 1 aliphatic rings. The molecule has 2 aromatic rings. The van der Waals surface area contributed by atoms with Gasteiger partial charge in [-0.2, -0.15) is 13.2 Å². The highest BCUT2D eigenvalue weighted by Crippen LogP contribution is 2.22. The van der Waals surface area contributed by atoms with E-state index in [0.717, 1.165) is 12.4 Å². The number of halogens is 3. The summed E-state index contributed by atoms with van der Waals surface area (Å²) < 4.78 is 42.2. The smallest absolute Gasteiger partial charge is 0.378 e. The first-order valence-electron chi connectivity index (χ1n) is 12.0. The molecule has 1 aromatic carbocycles. The van der Waals surface area contributed by atoms with Crippen molar-refractivity contribution in [3.05, 3.63) is 41.9 Å². The van der Waals surface area contributed by atoms with Gasteiger partial charge < -0.3 is 36.1 Å². The second-order valence-corrected chi connectivity index (χ2v) is 8.58. The number of amides is 3. The first kappa shape index (κ1) is 29.2. The monoisotopic (exact) mass is 546 g/mol. The Bertz CT molecular complexity index is 1240. The SMILES string of the molecule is CC(N=CC(C=N)/C(C=N)=C/c1ncc(-c2cccc(NC(=O)NCC(F)(F)F)c2)[nH]1)C(=O)N1CCOCC1. The standard InChI is InChI=1S/C25H29F3N8O3/c1-16(23(37)36-5-7-39-8-6-36)31-13-19(12-30)18(11-29)10-22-32-14-21(35-22)17-3-2-4-20(9-17)34-24(38)33-15-25(26,27)28/h2-4,9-14,16,19,29-30H,5-8,15H2,1H3,(H,32,35)(H2,33,34,38)/b18-10+,29-11?,30-12?,31-13?. The highest BCUT2D eigenvalue weighted by molar-refractivity contribution is 5.99. The van der Waals surface area contributed by atoms with Gasteiger partial charge in [-0.15, -0.1) is 0 Å². The lowest BCUT2D eigenvalue weighted by atomic mass is 10.0. The summed E-state index contributed by atoms with van der Waals surface area (Å²) >= 11 is 0. The van der Waals surface area contributed by atoms with E-state index in [0.29, 0.717) is 49.0 Å². The summed E-state index contributed by atoms with van der Waals surface area (Å²) in [5, 5.41) is 19.7. The van der Waals surface area contributed by atoms with Gasteiger partial charge in [0.15, 0.2) is 0 Å². The molecule has 0 radical (unpaired) electrons. The minimum absolute atomic E-state index is 0.135. The third-order valence-corrected chi connectivity index (χ3v) is 5.66. The number of carbonyl (C=O) groups is 2. The minimum Gasteiger partial charge on any atom is -0.378 e. The number of nitrogens with zero attached hydrogens (tertiary/aromatic N) is 3. The van der Waals surface area contributed by atoms with E-state index in [-0.39, 0.29) is 11.6 Å². The predicted octanol–water partition coefficient (Wildman–Crippen LogP) is 3.38. The summed E-state index contributed by atoms with van der Waals surface area (Å²) in [7, 11) is 0. The van der Waals surface area contributed by atoms with Crippen LogP contribution in [0, 0.1) is 16.7 Å². The van der Waals surface area contributed by atoms with Crippen molar-refractivity contribution in [2.45, 2.75) is 19.1 Å². The molecule has 3 rings (SSSR count). The average Bonchev–Trinajstić information content (AvgIpc) is 3.40. The Morgan fingerprint density at radius 1 is 1.28 bits per heavy atom. The number of morpholine rings is 1. The number of hydrogen-bond acceptors (Lipinski definition) is 7. The van der Waals surface area contributed by atoms with Gasteiger partial charge in [0.1, 0.15) is 18.4 Å². The lowest BCUT2D eigenvalue weighted by Gasteiger charge is -2.28. The summed E-state index contributed by atoms with van der Waals surface area (Å²) in [6.45, 7) is 2.19. The van der Waals surface area contributed by atoms with Crippen LogP contribution in [-0.2, 0) is 9.53 Å². The highest BCUT2D eigenvalue weighted by Gasteiger charge is 2.27. The fourth-order valence-electron chi connectivity index (χ4n) is 3.63. The number of aromatic amines is 1. The van der Waals surface area contributed by atoms with E-state index in [9.17, 15) is 22.8 Å². The number of rotatable bonds is 10. The zero-order chi connectivity index (χ0) is 28.4. The fraction of sp³-hybridized carbons (Fsp3) is 0.360. The number of imidazole rings is 1. The van der Waals surface area contributed by atoms with Crippen LogP contribution in [0.2, 0.25) is 0 Å². The van der Waals surface area contributed by atoms with Gasteiger partial charge in [0.25, 0.3) is 0 Å². The number of ether oxygens (including phenoxy) is 1. The lowest BCUT2D eigenvalue weighted by Crippen LogP contribution is -2.44. The van der Waals surface area contributed by atoms with Gasteiger partial charge in [0, 0.05) is 43.0 Å². The molecule has 2 heterocycles. The molecule has 0 aliphatic carbocycles. The third kappa shape index (κ3) is 8.88. The molecule has 3 amide bonds. The first-order valence-corrected chi connectivity index (χ1v) is 12.0. The van der Waals surface area contributed by atoms with Crippen molar-refractivity contribution < 1.29 is 27.5 Å². The van der Waals surface area contributed by atoms with Gasteiger partial charge in [0.05, 0.1) is 31.0 Å². The first-order chi connectivity index (χ1) is 18.6. The van der Waals surface area contributed by atoms with Crippen LogP contribution in [0.1, 0.15) is 12.7 Å². The molecule has 14 heteroatoms. The zero-order valence-electron chi connectivity index (χ0n) is 21.1. The number of anilines is 1. The number of aliphatic imine (C=N–C) groups is 1. The van der Waals surface area contributed by atoms with Gasteiger partial charge in [-0.05, 0) is 30.7 Å². The zero-order valence-corrected chi connectivity index (χ0v) is 21.1. The number of H-pyrrole nitrogens is 1. The van der Waals surface area contributed by atoms with E-state index < -0.39 is 30.7 Å². The Kier molecular flexibility index (Phi) is 10.1. The van der Waals surface area contributed by atoms with Crippen molar-refractivity contribution in [2.24, 2.45) is 10.9 Å². The van der Waals surface area contributed by atoms with Crippen LogP contribution in [-0.4, -0.2) is 90.5 Å². The van der Waals surface area contributed by atoms with Crippen molar-refractivity contribution in [1.82, 2.24) is 20.2 Å². The molecule has 0 bridgehead atoms. The molecule has 1 aromatic heterocycles. The van der Waals surface area contributed by atoms with Crippen molar-refractivity contribution in [3.63, 3.8) is 0 Å². The third-order valence-electron chi connectivity index (χ3n) is 5.66.